The number of aliphatic imine (C=N–C) groups is 1. The van der Waals surface area contributed by atoms with Crippen molar-refractivity contribution in [3.8, 4) is 0 Å². The molecule has 0 spiro atoms. The molecule has 0 saturated carbocycles. The molecule has 1 saturated heterocycles. The van der Waals surface area contributed by atoms with Gasteiger partial charge in [-0.1, -0.05) is 31.9 Å². The SMILES string of the molecule is CCCCC(N=C1NS(=O)(=O)c2ccccc21)C(=O)N1CCN(CC(=O)NC(C)(C)C)CC1. The number of hydrogen-bond acceptors (Lipinski definition) is 6. The number of piperazine rings is 1. The zero-order chi connectivity index (χ0) is 24.2. The van der Waals surface area contributed by atoms with E-state index in [0.717, 1.165) is 12.8 Å². The molecule has 2 aliphatic heterocycles. The van der Waals surface area contributed by atoms with Gasteiger partial charge in [0.25, 0.3) is 10.0 Å². The first-order valence-corrected chi connectivity index (χ1v) is 13.0. The number of benzene rings is 1. The van der Waals surface area contributed by atoms with Crippen LogP contribution < -0.4 is 10.0 Å². The average Bonchev–Trinajstić information content (AvgIpc) is 3.00. The van der Waals surface area contributed by atoms with Gasteiger partial charge in [0.1, 0.15) is 11.9 Å². The fourth-order valence-corrected chi connectivity index (χ4v) is 5.26. The number of rotatable bonds is 7. The third-order valence-electron chi connectivity index (χ3n) is 5.63. The van der Waals surface area contributed by atoms with Gasteiger partial charge < -0.3 is 10.2 Å². The summed E-state index contributed by atoms with van der Waals surface area (Å²) in [6, 6.07) is 6.02. The maximum absolute atomic E-state index is 13.3. The lowest BCUT2D eigenvalue weighted by Crippen LogP contribution is -2.54. The number of carbonyl (C=O) groups is 2. The summed E-state index contributed by atoms with van der Waals surface area (Å²) < 4.78 is 27.3. The first kappa shape index (κ1) is 25.2. The van der Waals surface area contributed by atoms with Gasteiger partial charge in [0.15, 0.2) is 0 Å². The topological polar surface area (TPSA) is 111 Å². The molecule has 1 fully saturated rings. The van der Waals surface area contributed by atoms with E-state index in [1.54, 1.807) is 23.1 Å². The van der Waals surface area contributed by atoms with Crippen molar-refractivity contribution in [3.63, 3.8) is 0 Å². The summed E-state index contributed by atoms with van der Waals surface area (Å²) in [5.74, 6) is 0.109. The highest BCUT2D eigenvalue weighted by atomic mass is 32.2. The van der Waals surface area contributed by atoms with Gasteiger partial charge >= 0.3 is 0 Å². The first-order valence-electron chi connectivity index (χ1n) is 11.5. The third-order valence-corrected chi connectivity index (χ3v) is 7.03. The maximum Gasteiger partial charge on any atom is 0.263 e. The van der Waals surface area contributed by atoms with Gasteiger partial charge in [0.2, 0.25) is 11.8 Å². The third kappa shape index (κ3) is 6.54. The summed E-state index contributed by atoms with van der Waals surface area (Å²) in [6.45, 7) is 10.4. The smallest absolute Gasteiger partial charge is 0.263 e. The van der Waals surface area contributed by atoms with Gasteiger partial charge in [0.05, 0.1) is 11.4 Å². The molecule has 2 N–H and O–H groups in total. The van der Waals surface area contributed by atoms with Crippen LogP contribution in [0.5, 0.6) is 0 Å². The number of fused-ring (bicyclic) bond motifs is 1. The molecule has 182 valence electrons. The molecule has 0 aliphatic carbocycles. The predicted molar refractivity (Wildman–Crippen MR) is 128 cm³/mol. The summed E-state index contributed by atoms with van der Waals surface area (Å²) in [7, 11) is -3.65. The Morgan fingerprint density at radius 2 is 1.82 bits per heavy atom. The van der Waals surface area contributed by atoms with Crippen molar-refractivity contribution in [3.05, 3.63) is 29.8 Å². The Hall–Kier alpha value is -2.46. The number of nitrogens with one attached hydrogen (secondary N) is 2. The normalized spacial score (nSPS) is 20.2. The molecule has 0 aromatic heterocycles. The summed E-state index contributed by atoms with van der Waals surface area (Å²) in [5, 5.41) is 2.96. The Morgan fingerprint density at radius 3 is 2.45 bits per heavy atom. The van der Waals surface area contributed by atoms with Crippen molar-refractivity contribution >= 4 is 27.7 Å². The van der Waals surface area contributed by atoms with Crippen molar-refractivity contribution in [2.45, 2.75) is 63.4 Å². The highest BCUT2D eigenvalue weighted by Gasteiger charge is 2.33. The summed E-state index contributed by atoms with van der Waals surface area (Å²) in [6.07, 6.45) is 2.28. The molecule has 0 bridgehead atoms. The summed E-state index contributed by atoms with van der Waals surface area (Å²) in [4.78, 5) is 34.1. The van der Waals surface area contributed by atoms with E-state index in [1.165, 1.54) is 6.07 Å². The second-order valence-corrected chi connectivity index (χ2v) is 11.3. The number of amidine groups is 1. The minimum Gasteiger partial charge on any atom is -0.350 e. The fraction of sp³-hybridized carbons (Fsp3) is 0.609. The molecule has 2 aliphatic rings. The molecule has 10 heteroatoms. The van der Waals surface area contributed by atoms with Crippen LogP contribution in [0.4, 0.5) is 0 Å². The second-order valence-electron chi connectivity index (χ2n) is 9.64. The van der Waals surface area contributed by atoms with Crippen molar-refractivity contribution in [1.82, 2.24) is 19.8 Å². The van der Waals surface area contributed by atoms with Crippen LogP contribution in [0.1, 0.15) is 52.5 Å². The largest absolute Gasteiger partial charge is 0.350 e. The number of nitrogens with zero attached hydrogens (tertiary/aromatic N) is 3. The second kappa shape index (κ2) is 10.2. The van der Waals surface area contributed by atoms with Crippen LogP contribution in [0, 0.1) is 0 Å². The predicted octanol–water partition coefficient (Wildman–Crippen LogP) is 1.34. The van der Waals surface area contributed by atoms with Gasteiger partial charge in [-0.15, -0.1) is 0 Å². The molecular weight excluding hydrogens is 442 g/mol. The molecule has 1 aromatic rings. The Kier molecular flexibility index (Phi) is 7.79. The van der Waals surface area contributed by atoms with Crippen LogP contribution in [-0.2, 0) is 19.6 Å². The molecule has 1 unspecified atom stereocenters. The minimum absolute atomic E-state index is 0.0262. The Bertz CT molecular complexity index is 1010. The molecule has 0 radical (unpaired) electrons. The van der Waals surface area contributed by atoms with Crippen molar-refractivity contribution in [2.24, 2.45) is 4.99 Å². The van der Waals surface area contributed by atoms with Crippen LogP contribution in [0.3, 0.4) is 0 Å². The zero-order valence-corrected chi connectivity index (χ0v) is 20.7. The number of unbranched alkanes of at least 4 members (excludes halogenated alkanes) is 1. The number of amides is 2. The summed E-state index contributed by atoms with van der Waals surface area (Å²) in [5.41, 5.74) is 0.224. The van der Waals surface area contributed by atoms with Crippen LogP contribution in [-0.4, -0.2) is 80.2 Å². The van der Waals surface area contributed by atoms with E-state index in [-0.39, 0.29) is 28.1 Å². The fourth-order valence-electron chi connectivity index (χ4n) is 4.02. The molecule has 3 rings (SSSR count). The standard InChI is InChI=1S/C23H35N5O4S/c1-5-6-10-18(24-21-17-9-7-8-11-19(17)33(31,32)26-21)22(30)28-14-12-27(13-15-28)16-20(29)25-23(2,3)4/h7-9,11,18H,5-6,10,12-16H2,1-4H3,(H,24,26)(H,25,29). The number of hydrogen-bond donors (Lipinski definition) is 2. The number of carbonyl (C=O) groups excluding carboxylic acids is 2. The quantitative estimate of drug-likeness (QED) is 0.616. The van der Waals surface area contributed by atoms with E-state index in [9.17, 15) is 18.0 Å². The molecule has 2 amide bonds. The first-order chi connectivity index (χ1) is 15.5. The molecule has 1 atom stereocenters. The molecule has 1 aromatic carbocycles. The van der Waals surface area contributed by atoms with Crippen molar-refractivity contribution in [1.29, 1.82) is 0 Å². The van der Waals surface area contributed by atoms with Crippen molar-refractivity contribution < 1.29 is 18.0 Å². The highest BCUT2D eigenvalue weighted by Crippen LogP contribution is 2.23. The lowest BCUT2D eigenvalue weighted by Gasteiger charge is -2.36. The Balaban J connectivity index is 1.68. The van der Waals surface area contributed by atoms with Gasteiger partial charge in [-0.25, -0.2) is 8.42 Å². The lowest BCUT2D eigenvalue weighted by molar-refractivity contribution is -0.134. The van der Waals surface area contributed by atoms with Gasteiger partial charge in [-0.2, -0.15) is 0 Å². The van der Waals surface area contributed by atoms with E-state index in [0.29, 0.717) is 44.7 Å². The maximum atomic E-state index is 13.3. The van der Waals surface area contributed by atoms with E-state index in [1.807, 2.05) is 32.6 Å². The minimum atomic E-state index is -3.65. The van der Waals surface area contributed by atoms with E-state index in [4.69, 9.17) is 0 Å². The van der Waals surface area contributed by atoms with Crippen LogP contribution in [0.2, 0.25) is 0 Å². The Labute approximate surface area is 196 Å². The molecular formula is C23H35N5O4S. The summed E-state index contributed by atoms with van der Waals surface area (Å²) >= 11 is 0. The zero-order valence-electron chi connectivity index (χ0n) is 19.9. The average molecular weight is 478 g/mol. The van der Waals surface area contributed by atoms with Crippen LogP contribution >= 0.6 is 0 Å². The van der Waals surface area contributed by atoms with E-state index in [2.05, 4.69) is 15.0 Å². The van der Waals surface area contributed by atoms with Gasteiger partial charge in [0, 0.05) is 37.3 Å². The number of sulfonamides is 1. The molecule has 9 nitrogen and oxygen atoms in total. The lowest BCUT2D eigenvalue weighted by atomic mass is 10.1. The van der Waals surface area contributed by atoms with Crippen LogP contribution in [0.25, 0.3) is 0 Å². The highest BCUT2D eigenvalue weighted by molar-refractivity contribution is 7.90. The Morgan fingerprint density at radius 1 is 1.15 bits per heavy atom. The van der Waals surface area contributed by atoms with Gasteiger partial charge in [-0.05, 0) is 39.3 Å². The van der Waals surface area contributed by atoms with Crippen LogP contribution in [0.15, 0.2) is 34.2 Å². The monoisotopic (exact) mass is 477 g/mol. The van der Waals surface area contributed by atoms with E-state index < -0.39 is 16.1 Å². The molecule has 33 heavy (non-hydrogen) atoms. The molecule has 2 heterocycles. The van der Waals surface area contributed by atoms with E-state index >= 15 is 0 Å². The van der Waals surface area contributed by atoms with Crippen molar-refractivity contribution in [2.75, 3.05) is 32.7 Å². The van der Waals surface area contributed by atoms with Gasteiger partial charge in [-0.3, -0.25) is 24.2 Å².